The van der Waals surface area contributed by atoms with Crippen molar-refractivity contribution in [1.82, 2.24) is 15.6 Å². The number of benzene rings is 1. The number of aryl methyl sites for hydroxylation is 1. The number of carbonyl (C=O) groups excluding carboxylic acids is 1. The third-order valence-corrected chi connectivity index (χ3v) is 6.04. The van der Waals surface area contributed by atoms with E-state index >= 15 is 0 Å². The number of nitrogens with one attached hydrogen (secondary N) is 2. The SMILES string of the molecule is O=C(N[C@H]1COc2cc(N3CCNCC3)ccc2C1)c1cnc2c(c1)CC[C@@H]2O. The fraction of sp³-hybridized carbons (Fsp3) is 0.455. The zero-order valence-electron chi connectivity index (χ0n) is 16.4. The Kier molecular flexibility index (Phi) is 4.85. The second-order valence-electron chi connectivity index (χ2n) is 8.04. The van der Waals surface area contributed by atoms with Crippen molar-refractivity contribution in [1.29, 1.82) is 0 Å². The molecule has 152 valence electrons. The first-order chi connectivity index (χ1) is 14.2. The zero-order chi connectivity index (χ0) is 19.8. The minimum absolute atomic E-state index is 0.0705. The molecule has 1 aromatic carbocycles. The molecule has 1 aliphatic carbocycles. The van der Waals surface area contributed by atoms with E-state index in [1.54, 1.807) is 6.20 Å². The second kappa shape index (κ2) is 7.65. The number of nitrogens with zero attached hydrogens (tertiary/aromatic N) is 2. The number of fused-ring (bicyclic) bond motifs is 2. The van der Waals surface area contributed by atoms with Gasteiger partial charge in [0.2, 0.25) is 0 Å². The van der Waals surface area contributed by atoms with Gasteiger partial charge in [-0.25, -0.2) is 0 Å². The highest BCUT2D eigenvalue weighted by Crippen LogP contribution is 2.31. The van der Waals surface area contributed by atoms with E-state index in [2.05, 4.69) is 38.7 Å². The number of carbonyl (C=O) groups is 1. The Balaban J connectivity index is 1.25. The molecule has 3 heterocycles. The maximum Gasteiger partial charge on any atom is 0.253 e. The van der Waals surface area contributed by atoms with Crippen LogP contribution in [0.1, 0.15) is 39.7 Å². The Morgan fingerprint density at radius 2 is 2.10 bits per heavy atom. The van der Waals surface area contributed by atoms with Crippen LogP contribution >= 0.6 is 0 Å². The van der Waals surface area contributed by atoms with Gasteiger partial charge in [-0.05, 0) is 42.5 Å². The van der Waals surface area contributed by atoms with E-state index in [1.165, 1.54) is 5.69 Å². The summed E-state index contributed by atoms with van der Waals surface area (Å²) in [5.41, 5.74) is 4.53. The Labute approximate surface area is 170 Å². The lowest BCUT2D eigenvalue weighted by atomic mass is 10.0. The summed E-state index contributed by atoms with van der Waals surface area (Å²) in [5.74, 6) is 0.774. The van der Waals surface area contributed by atoms with E-state index in [0.717, 1.165) is 55.9 Å². The minimum atomic E-state index is -0.503. The van der Waals surface area contributed by atoms with Crippen molar-refractivity contribution >= 4 is 11.6 Å². The molecule has 1 fully saturated rings. The summed E-state index contributed by atoms with van der Waals surface area (Å²) in [6.07, 6.45) is 3.24. The van der Waals surface area contributed by atoms with Crippen LogP contribution in [0.4, 0.5) is 5.69 Å². The van der Waals surface area contributed by atoms with Crippen molar-refractivity contribution in [3.05, 3.63) is 52.8 Å². The number of hydrogen-bond donors (Lipinski definition) is 3. The number of aliphatic hydroxyl groups excluding tert-OH is 1. The van der Waals surface area contributed by atoms with Crippen LogP contribution in [-0.4, -0.2) is 54.8 Å². The van der Waals surface area contributed by atoms with E-state index in [-0.39, 0.29) is 11.9 Å². The molecule has 7 heteroatoms. The smallest absolute Gasteiger partial charge is 0.253 e. The molecule has 0 radical (unpaired) electrons. The van der Waals surface area contributed by atoms with Crippen LogP contribution in [0.3, 0.4) is 0 Å². The summed E-state index contributed by atoms with van der Waals surface area (Å²) >= 11 is 0. The summed E-state index contributed by atoms with van der Waals surface area (Å²) in [7, 11) is 0. The number of ether oxygens (including phenoxy) is 1. The quantitative estimate of drug-likeness (QED) is 0.725. The lowest BCUT2D eigenvalue weighted by Gasteiger charge is -2.31. The van der Waals surface area contributed by atoms with Gasteiger partial charge < -0.3 is 25.4 Å². The molecule has 2 atom stereocenters. The number of hydrogen-bond acceptors (Lipinski definition) is 6. The predicted octanol–water partition coefficient (Wildman–Crippen LogP) is 1.20. The largest absolute Gasteiger partial charge is 0.491 e. The highest BCUT2D eigenvalue weighted by atomic mass is 16.5. The minimum Gasteiger partial charge on any atom is -0.491 e. The Bertz CT molecular complexity index is 926. The molecular formula is C22H26N4O3. The van der Waals surface area contributed by atoms with E-state index in [9.17, 15) is 9.90 Å². The number of piperazine rings is 1. The normalized spacial score (nSPS) is 23.1. The average Bonchev–Trinajstić information content (AvgIpc) is 3.14. The first kappa shape index (κ1) is 18.4. The first-order valence-electron chi connectivity index (χ1n) is 10.4. The molecule has 7 nitrogen and oxygen atoms in total. The van der Waals surface area contributed by atoms with Crippen LogP contribution < -0.4 is 20.3 Å². The van der Waals surface area contributed by atoms with Gasteiger partial charge in [0, 0.05) is 44.1 Å². The van der Waals surface area contributed by atoms with Gasteiger partial charge in [0.1, 0.15) is 12.4 Å². The van der Waals surface area contributed by atoms with Gasteiger partial charge in [-0.15, -0.1) is 0 Å². The van der Waals surface area contributed by atoms with Crippen LogP contribution in [0.2, 0.25) is 0 Å². The maximum atomic E-state index is 12.7. The fourth-order valence-electron chi connectivity index (χ4n) is 4.42. The summed E-state index contributed by atoms with van der Waals surface area (Å²) in [6, 6.07) is 8.16. The van der Waals surface area contributed by atoms with Gasteiger partial charge in [0.05, 0.1) is 23.4 Å². The van der Waals surface area contributed by atoms with Crippen molar-refractivity contribution in [3.63, 3.8) is 0 Å². The Morgan fingerprint density at radius 3 is 2.97 bits per heavy atom. The molecule has 1 amide bonds. The van der Waals surface area contributed by atoms with Crippen molar-refractivity contribution < 1.29 is 14.6 Å². The molecule has 0 unspecified atom stereocenters. The third-order valence-electron chi connectivity index (χ3n) is 6.04. The van der Waals surface area contributed by atoms with E-state index in [0.29, 0.717) is 24.3 Å². The number of aromatic nitrogens is 1. The molecule has 0 saturated carbocycles. The molecule has 3 N–H and O–H groups in total. The number of aliphatic hydroxyl groups is 1. The standard InChI is InChI=1S/C22H26N4O3/c27-19-4-2-15-9-16(12-24-21(15)19)22(28)25-17-10-14-1-3-18(11-20(14)29-13-17)26-7-5-23-6-8-26/h1,3,9,11-12,17,19,23,27H,2,4-8,10,13H2,(H,25,28)/t17-,19+/m1/s1. The van der Waals surface area contributed by atoms with Crippen LogP contribution in [0, 0.1) is 0 Å². The summed E-state index contributed by atoms with van der Waals surface area (Å²) in [6.45, 7) is 4.47. The monoisotopic (exact) mass is 394 g/mol. The lowest BCUT2D eigenvalue weighted by molar-refractivity contribution is 0.0914. The van der Waals surface area contributed by atoms with Gasteiger partial charge >= 0.3 is 0 Å². The number of anilines is 1. The van der Waals surface area contributed by atoms with Crippen molar-refractivity contribution in [2.75, 3.05) is 37.7 Å². The highest BCUT2D eigenvalue weighted by Gasteiger charge is 2.26. The van der Waals surface area contributed by atoms with Gasteiger partial charge in [-0.1, -0.05) is 6.07 Å². The predicted molar refractivity (Wildman–Crippen MR) is 109 cm³/mol. The molecule has 0 bridgehead atoms. The molecule has 3 aliphatic rings. The molecule has 0 spiro atoms. The molecular weight excluding hydrogens is 368 g/mol. The molecule has 1 saturated heterocycles. The number of rotatable bonds is 3. The van der Waals surface area contributed by atoms with Gasteiger partial charge in [-0.3, -0.25) is 9.78 Å². The van der Waals surface area contributed by atoms with E-state index < -0.39 is 6.10 Å². The second-order valence-corrected chi connectivity index (χ2v) is 8.04. The van der Waals surface area contributed by atoms with Gasteiger partial charge in [0.25, 0.3) is 5.91 Å². The average molecular weight is 394 g/mol. The van der Waals surface area contributed by atoms with Crippen LogP contribution in [0.25, 0.3) is 0 Å². The fourth-order valence-corrected chi connectivity index (χ4v) is 4.42. The molecule has 29 heavy (non-hydrogen) atoms. The van der Waals surface area contributed by atoms with Crippen molar-refractivity contribution in [3.8, 4) is 5.75 Å². The summed E-state index contributed by atoms with van der Waals surface area (Å²) < 4.78 is 5.99. The van der Waals surface area contributed by atoms with Crippen molar-refractivity contribution in [2.45, 2.75) is 31.4 Å². The Morgan fingerprint density at radius 1 is 1.24 bits per heavy atom. The van der Waals surface area contributed by atoms with E-state index in [4.69, 9.17) is 4.74 Å². The van der Waals surface area contributed by atoms with Crippen LogP contribution in [0.15, 0.2) is 30.5 Å². The summed E-state index contributed by atoms with van der Waals surface area (Å²) in [4.78, 5) is 19.3. The molecule has 2 aliphatic heterocycles. The van der Waals surface area contributed by atoms with Crippen molar-refractivity contribution in [2.24, 2.45) is 0 Å². The van der Waals surface area contributed by atoms with Crippen LogP contribution in [-0.2, 0) is 12.8 Å². The molecule has 2 aromatic rings. The van der Waals surface area contributed by atoms with Gasteiger partial charge in [0.15, 0.2) is 0 Å². The highest BCUT2D eigenvalue weighted by molar-refractivity contribution is 5.94. The van der Waals surface area contributed by atoms with E-state index in [1.807, 2.05) is 6.07 Å². The van der Waals surface area contributed by atoms with Gasteiger partial charge in [-0.2, -0.15) is 0 Å². The number of amides is 1. The molecule has 1 aromatic heterocycles. The summed E-state index contributed by atoms with van der Waals surface area (Å²) in [5, 5.41) is 16.3. The zero-order valence-corrected chi connectivity index (χ0v) is 16.4. The van der Waals surface area contributed by atoms with Crippen LogP contribution in [0.5, 0.6) is 5.75 Å². The Hall–Kier alpha value is -2.64. The topological polar surface area (TPSA) is 86.7 Å². The molecule has 5 rings (SSSR count). The lowest BCUT2D eigenvalue weighted by Crippen LogP contribution is -2.44. The number of pyridine rings is 1. The maximum absolute atomic E-state index is 12.7. The third kappa shape index (κ3) is 3.68. The first-order valence-corrected chi connectivity index (χ1v) is 10.4.